The summed E-state index contributed by atoms with van der Waals surface area (Å²) in [5, 5.41) is 15.8. The molecule has 2 atom stereocenters. The molecule has 0 fully saturated rings. The van der Waals surface area contributed by atoms with Gasteiger partial charge in [-0.3, -0.25) is 4.79 Å². The molecule has 0 aliphatic heterocycles. The van der Waals surface area contributed by atoms with Gasteiger partial charge in [0.2, 0.25) is 11.5 Å². The van der Waals surface area contributed by atoms with Crippen molar-refractivity contribution in [2.45, 2.75) is 16.6 Å². The monoisotopic (exact) mass is 464 g/mol. The lowest BCUT2D eigenvalue weighted by molar-refractivity contribution is -0.672. The third-order valence-electron chi connectivity index (χ3n) is 3.75. The van der Waals surface area contributed by atoms with Crippen molar-refractivity contribution in [3.8, 4) is 11.6 Å². The number of carbonyl (C=O) groups excluding carboxylic acids is 1. The second-order valence-electron chi connectivity index (χ2n) is 5.53. The Hall–Kier alpha value is -1.99. The number of benzene rings is 2. The van der Waals surface area contributed by atoms with E-state index in [1.807, 2.05) is 49.4 Å². The highest BCUT2D eigenvalue weighted by molar-refractivity contribution is 9.12. The van der Waals surface area contributed by atoms with Crippen LogP contribution in [0.5, 0.6) is 5.95 Å². The fourth-order valence-electron chi connectivity index (χ4n) is 2.38. The Morgan fingerprint density at radius 3 is 2.40 bits per heavy atom. The van der Waals surface area contributed by atoms with Crippen molar-refractivity contribution < 1.29 is 19.1 Å². The number of rotatable bonds is 5. The van der Waals surface area contributed by atoms with E-state index in [0.29, 0.717) is 5.69 Å². The van der Waals surface area contributed by atoms with E-state index in [9.17, 15) is 9.90 Å². The molecule has 1 heterocycles. The Labute approximate surface area is 161 Å². The van der Waals surface area contributed by atoms with Gasteiger partial charge in [-0.25, -0.2) is 0 Å². The maximum absolute atomic E-state index is 12.9. The lowest BCUT2D eigenvalue weighted by Crippen LogP contribution is -2.41. The van der Waals surface area contributed by atoms with Crippen molar-refractivity contribution in [1.82, 2.24) is 5.27 Å². The van der Waals surface area contributed by atoms with Crippen molar-refractivity contribution in [3.05, 3.63) is 71.4 Å². The van der Waals surface area contributed by atoms with Gasteiger partial charge in [0.25, 0.3) is 0 Å². The van der Waals surface area contributed by atoms with E-state index >= 15 is 0 Å². The second kappa shape index (κ2) is 7.49. The number of carbonyl (C=O) groups is 1. The van der Waals surface area contributed by atoms with E-state index in [0.717, 1.165) is 11.1 Å². The van der Waals surface area contributed by atoms with E-state index < -0.39 is 16.6 Å². The number of Topliss-reactive ketones (excluding diaryl/α,β-unsaturated/α-hetero) is 1. The molecular formula is C18H14Br2N2O3. The average molecular weight is 466 g/mol. The Kier molecular flexibility index (Phi) is 5.34. The zero-order valence-electron chi connectivity index (χ0n) is 13.2. The molecule has 5 nitrogen and oxygen atoms in total. The molecule has 1 aromatic heterocycles. The van der Waals surface area contributed by atoms with E-state index in [1.165, 1.54) is 4.68 Å². The summed E-state index contributed by atoms with van der Waals surface area (Å²) >= 11 is 6.92. The first-order valence-corrected chi connectivity index (χ1v) is 9.35. The van der Waals surface area contributed by atoms with Crippen molar-refractivity contribution in [3.63, 3.8) is 0 Å². The minimum absolute atomic E-state index is 0.119. The van der Waals surface area contributed by atoms with Gasteiger partial charge in [-0.05, 0) is 17.2 Å². The number of nitrogens with zero attached hydrogens (tertiary/aromatic N) is 2. The van der Waals surface area contributed by atoms with Gasteiger partial charge in [0.15, 0.2) is 5.95 Å². The molecule has 25 heavy (non-hydrogen) atoms. The average Bonchev–Trinajstić information content (AvgIpc) is 3.02. The molecule has 0 spiro atoms. The number of halogens is 2. The fraction of sp³-hybridized carbons (Fsp3) is 0.167. The molecular weight excluding hydrogens is 452 g/mol. The van der Waals surface area contributed by atoms with Crippen LogP contribution in [0.4, 0.5) is 0 Å². The highest BCUT2D eigenvalue weighted by Gasteiger charge is 2.35. The molecule has 0 aliphatic rings. The lowest BCUT2D eigenvalue weighted by atomic mass is 10.1. The van der Waals surface area contributed by atoms with Gasteiger partial charge >= 0.3 is 5.69 Å². The fourth-order valence-corrected chi connectivity index (χ4v) is 3.45. The summed E-state index contributed by atoms with van der Waals surface area (Å²) in [6, 6.07) is 16.8. The minimum atomic E-state index is -0.761. The zero-order valence-corrected chi connectivity index (χ0v) is 16.4. The normalized spacial score (nSPS) is 13.4. The molecule has 7 heteroatoms. The van der Waals surface area contributed by atoms with Gasteiger partial charge < -0.3 is 9.63 Å². The predicted molar refractivity (Wildman–Crippen MR) is 97.4 cm³/mol. The van der Waals surface area contributed by atoms with Gasteiger partial charge in [0, 0.05) is 12.1 Å². The van der Waals surface area contributed by atoms with Crippen LogP contribution in [0.2, 0.25) is 0 Å². The van der Waals surface area contributed by atoms with Gasteiger partial charge in [-0.2, -0.15) is 0 Å². The first-order valence-electron chi connectivity index (χ1n) is 7.52. The summed E-state index contributed by atoms with van der Waals surface area (Å²) in [5.41, 5.74) is 2.45. The standard InChI is InChI=1S/C18H14Br2N2O3/c1-11-7-9-13(10-8-11)22-16(18(24)25-21-22)17(23)15(20)14(19)12-5-3-2-4-6-12/h2-10,14-15H,1H3. The molecule has 0 amide bonds. The van der Waals surface area contributed by atoms with E-state index in [1.54, 1.807) is 12.1 Å². The van der Waals surface area contributed by atoms with E-state index in [2.05, 4.69) is 37.1 Å². The maximum atomic E-state index is 12.9. The van der Waals surface area contributed by atoms with Crippen molar-refractivity contribution in [2.24, 2.45) is 0 Å². The van der Waals surface area contributed by atoms with Gasteiger partial charge in [0.05, 0.1) is 10.1 Å². The maximum Gasteiger partial charge on any atom is 0.307 e. The van der Waals surface area contributed by atoms with Crippen molar-refractivity contribution in [2.75, 3.05) is 0 Å². The van der Waals surface area contributed by atoms with Crippen molar-refractivity contribution >= 4 is 37.6 Å². The van der Waals surface area contributed by atoms with Crippen LogP contribution in [0.25, 0.3) is 5.69 Å². The topological polar surface area (TPSA) is 70.0 Å². The van der Waals surface area contributed by atoms with E-state index in [-0.39, 0.29) is 10.5 Å². The molecule has 3 aromatic rings. The first kappa shape index (κ1) is 17.8. The highest BCUT2D eigenvalue weighted by Crippen LogP contribution is 2.33. The zero-order chi connectivity index (χ0) is 18.0. The molecule has 0 radical (unpaired) electrons. The number of hydrogen-bond acceptors (Lipinski definition) is 4. The van der Waals surface area contributed by atoms with Crippen LogP contribution in [0.1, 0.15) is 26.4 Å². The summed E-state index contributed by atoms with van der Waals surface area (Å²) in [6.45, 7) is 1.95. The quantitative estimate of drug-likeness (QED) is 0.329. The Bertz CT molecular complexity index is 879. The molecule has 2 aromatic carbocycles. The van der Waals surface area contributed by atoms with Crippen LogP contribution in [-0.2, 0) is 0 Å². The Morgan fingerprint density at radius 2 is 1.76 bits per heavy atom. The molecule has 3 rings (SSSR count). The van der Waals surface area contributed by atoms with Crippen LogP contribution in [0.15, 0.2) is 59.1 Å². The number of hydrogen-bond donors (Lipinski definition) is 0. The van der Waals surface area contributed by atoms with Gasteiger partial charge in [0.1, 0.15) is 4.83 Å². The summed E-state index contributed by atoms with van der Waals surface area (Å²) < 4.78 is 5.98. The van der Waals surface area contributed by atoms with Gasteiger partial charge in [-0.1, -0.05) is 79.9 Å². The Balaban J connectivity index is 1.95. The van der Waals surface area contributed by atoms with Crippen LogP contribution in [-0.4, -0.2) is 15.9 Å². The van der Waals surface area contributed by atoms with Crippen LogP contribution >= 0.6 is 31.9 Å². The summed E-state index contributed by atoms with van der Waals surface area (Å²) in [6.07, 6.45) is 0. The molecule has 0 bridgehead atoms. The third-order valence-corrected chi connectivity index (χ3v) is 6.46. The number of ketones is 1. The van der Waals surface area contributed by atoms with Crippen LogP contribution in [0, 0.1) is 6.92 Å². The summed E-state index contributed by atoms with van der Waals surface area (Å²) in [7, 11) is 0. The molecule has 0 N–H and O–H groups in total. The molecule has 0 saturated heterocycles. The first-order chi connectivity index (χ1) is 12.0. The largest absolute Gasteiger partial charge is 0.539 e. The number of alkyl halides is 2. The van der Waals surface area contributed by atoms with Crippen LogP contribution < -0.4 is 9.79 Å². The highest BCUT2D eigenvalue weighted by atomic mass is 79.9. The van der Waals surface area contributed by atoms with Crippen LogP contribution in [0.3, 0.4) is 0 Å². The smallest absolute Gasteiger partial charge is 0.307 e. The Morgan fingerprint density at radius 1 is 1.12 bits per heavy atom. The predicted octanol–water partition coefficient (Wildman–Crippen LogP) is 3.42. The molecule has 2 unspecified atom stereocenters. The van der Waals surface area contributed by atoms with Crippen molar-refractivity contribution in [1.29, 1.82) is 0 Å². The SMILES string of the molecule is Cc1ccc(-[n+]2noc([O-])c2C(=O)C(Br)C(Br)c2ccccc2)cc1. The molecule has 128 valence electrons. The van der Waals surface area contributed by atoms with E-state index in [4.69, 9.17) is 4.52 Å². The lowest BCUT2D eigenvalue weighted by Gasteiger charge is -2.14. The summed E-state index contributed by atoms with van der Waals surface area (Å²) in [5.74, 6) is -1.17. The minimum Gasteiger partial charge on any atom is -0.539 e. The second-order valence-corrected chi connectivity index (χ2v) is 7.51. The number of aryl methyl sites for hydroxylation is 1. The third kappa shape index (κ3) is 3.67. The molecule has 0 aliphatic carbocycles. The summed E-state index contributed by atoms with van der Waals surface area (Å²) in [4.78, 5) is 11.9. The molecule has 0 saturated carbocycles. The number of aromatic nitrogens is 2. The van der Waals surface area contributed by atoms with Gasteiger partial charge in [-0.15, -0.1) is 0 Å².